The van der Waals surface area contributed by atoms with Crippen molar-refractivity contribution in [2.45, 2.75) is 6.92 Å². The van der Waals surface area contributed by atoms with Gasteiger partial charge in [0.15, 0.2) is 11.5 Å². The van der Waals surface area contributed by atoms with Gasteiger partial charge < -0.3 is 18.9 Å². The molecule has 0 amide bonds. The molecule has 0 unspecified atom stereocenters. The maximum Gasteiger partial charge on any atom is 0.330 e. The molecule has 0 aliphatic heterocycles. The fourth-order valence-electron chi connectivity index (χ4n) is 1.95. The summed E-state index contributed by atoms with van der Waals surface area (Å²) in [5.41, 5.74) is 0.711. The first kappa shape index (κ1) is 16.1. The van der Waals surface area contributed by atoms with Gasteiger partial charge in [-0.25, -0.2) is 9.78 Å². The minimum Gasteiger partial charge on any atom is -0.493 e. The Kier molecular flexibility index (Phi) is 5.21. The van der Waals surface area contributed by atoms with E-state index in [0.717, 1.165) is 4.70 Å². The van der Waals surface area contributed by atoms with E-state index in [1.807, 2.05) is 0 Å². The van der Waals surface area contributed by atoms with Gasteiger partial charge in [-0.3, -0.25) is 0 Å². The molecule has 0 aliphatic rings. The van der Waals surface area contributed by atoms with Crippen LogP contribution in [0.1, 0.15) is 11.9 Å². The number of hydrogen-bond acceptors (Lipinski definition) is 7. The number of esters is 1. The number of thiazole rings is 1. The number of hydrogen-bond donors (Lipinski definition) is 0. The molecule has 1 aromatic carbocycles. The first-order chi connectivity index (χ1) is 10.6. The molecule has 6 nitrogen and oxygen atoms in total. The zero-order valence-corrected chi connectivity index (χ0v) is 13.7. The fourth-order valence-corrected chi connectivity index (χ4v) is 2.91. The standard InChI is InChI=1S/C15H17NO5S/c1-5-21-12(17)7-6-11-16-9-8-10(18-2)13(19-3)14(20-4)15(9)22-11/h6-8H,5H2,1-4H3/b7-6+. The van der Waals surface area contributed by atoms with Crippen LogP contribution in [0, 0.1) is 0 Å². The number of carbonyl (C=O) groups excluding carboxylic acids is 1. The Bertz CT molecular complexity index is 708. The van der Waals surface area contributed by atoms with E-state index in [1.165, 1.54) is 17.4 Å². The Hall–Kier alpha value is -2.28. The number of nitrogens with zero attached hydrogens (tertiary/aromatic N) is 1. The lowest BCUT2D eigenvalue weighted by molar-refractivity contribution is -0.137. The summed E-state index contributed by atoms with van der Waals surface area (Å²) in [4.78, 5) is 15.8. The number of ether oxygens (including phenoxy) is 4. The molecule has 0 fully saturated rings. The molecule has 0 bridgehead atoms. The summed E-state index contributed by atoms with van der Waals surface area (Å²) < 4.78 is 21.7. The lowest BCUT2D eigenvalue weighted by Gasteiger charge is -2.11. The van der Waals surface area contributed by atoms with E-state index in [2.05, 4.69) is 4.98 Å². The number of fused-ring (bicyclic) bond motifs is 1. The first-order valence-electron chi connectivity index (χ1n) is 6.58. The predicted molar refractivity (Wildman–Crippen MR) is 84.9 cm³/mol. The predicted octanol–water partition coefficient (Wildman–Crippen LogP) is 2.90. The maximum atomic E-state index is 11.4. The van der Waals surface area contributed by atoms with Crippen molar-refractivity contribution < 1.29 is 23.7 Å². The van der Waals surface area contributed by atoms with Crippen molar-refractivity contribution >= 4 is 33.6 Å². The zero-order chi connectivity index (χ0) is 16.1. The SMILES string of the molecule is CCOC(=O)/C=C/c1nc2cc(OC)c(OC)c(OC)c2s1. The number of benzene rings is 1. The summed E-state index contributed by atoms with van der Waals surface area (Å²) in [6.07, 6.45) is 2.96. The van der Waals surface area contributed by atoms with Crippen LogP contribution in [0.3, 0.4) is 0 Å². The van der Waals surface area contributed by atoms with Crippen molar-refractivity contribution in [2.75, 3.05) is 27.9 Å². The summed E-state index contributed by atoms with van der Waals surface area (Å²) in [6, 6.07) is 1.77. The maximum absolute atomic E-state index is 11.4. The van der Waals surface area contributed by atoms with Gasteiger partial charge >= 0.3 is 5.97 Å². The monoisotopic (exact) mass is 323 g/mol. The van der Waals surface area contributed by atoms with Crippen LogP contribution in [0.4, 0.5) is 0 Å². The molecule has 0 aliphatic carbocycles. The molecule has 0 saturated carbocycles. The number of rotatable bonds is 6. The van der Waals surface area contributed by atoms with Gasteiger partial charge in [0.1, 0.15) is 9.71 Å². The van der Waals surface area contributed by atoms with Gasteiger partial charge in [-0.2, -0.15) is 0 Å². The van der Waals surface area contributed by atoms with E-state index < -0.39 is 5.97 Å². The highest BCUT2D eigenvalue weighted by atomic mass is 32.1. The lowest BCUT2D eigenvalue weighted by atomic mass is 10.2. The minimum absolute atomic E-state index is 0.339. The average Bonchev–Trinajstić information content (AvgIpc) is 2.93. The minimum atomic E-state index is -0.399. The van der Waals surface area contributed by atoms with E-state index >= 15 is 0 Å². The van der Waals surface area contributed by atoms with Crippen molar-refractivity contribution in [3.8, 4) is 17.2 Å². The second kappa shape index (κ2) is 7.13. The second-order valence-electron chi connectivity index (χ2n) is 4.13. The van der Waals surface area contributed by atoms with Crippen molar-refractivity contribution in [3.63, 3.8) is 0 Å². The van der Waals surface area contributed by atoms with Gasteiger partial charge in [0.25, 0.3) is 0 Å². The normalized spacial score (nSPS) is 10.9. The van der Waals surface area contributed by atoms with Crippen LogP contribution < -0.4 is 14.2 Å². The molecule has 0 N–H and O–H groups in total. The van der Waals surface area contributed by atoms with Crippen molar-refractivity contribution in [1.29, 1.82) is 0 Å². The molecule has 0 saturated heterocycles. The highest BCUT2D eigenvalue weighted by molar-refractivity contribution is 7.19. The topological polar surface area (TPSA) is 66.9 Å². The Morgan fingerprint density at radius 3 is 2.55 bits per heavy atom. The molecule has 118 valence electrons. The van der Waals surface area contributed by atoms with E-state index in [0.29, 0.717) is 34.4 Å². The quantitative estimate of drug-likeness (QED) is 0.601. The average molecular weight is 323 g/mol. The zero-order valence-electron chi connectivity index (χ0n) is 12.8. The van der Waals surface area contributed by atoms with Gasteiger partial charge in [0.2, 0.25) is 5.75 Å². The Morgan fingerprint density at radius 2 is 1.95 bits per heavy atom. The third-order valence-corrected chi connectivity index (χ3v) is 3.89. The van der Waals surface area contributed by atoms with Crippen LogP contribution in [0.2, 0.25) is 0 Å². The lowest BCUT2D eigenvalue weighted by Crippen LogP contribution is -1.98. The summed E-state index contributed by atoms with van der Waals surface area (Å²) in [5.74, 6) is 1.22. The molecule has 0 atom stereocenters. The van der Waals surface area contributed by atoms with E-state index in [4.69, 9.17) is 18.9 Å². The molecule has 1 aromatic heterocycles. The molecule has 7 heteroatoms. The van der Waals surface area contributed by atoms with Gasteiger partial charge in [-0.1, -0.05) is 0 Å². The summed E-state index contributed by atoms with van der Waals surface area (Å²) in [6.45, 7) is 2.10. The van der Waals surface area contributed by atoms with Crippen LogP contribution in [-0.4, -0.2) is 38.9 Å². The van der Waals surface area contributed by atoms with E-state index in [1.54, 1.807) is 40.4 Å². The molecule has 0 spiro atoms. The Morgan fingerprint density at radius 1 is 1.23 bits per heavy atom. The van der Waals surface area contributed by atoms with Gasteiger partial charge in [0.05, 0.1) is 33.5 Å². The van der Waals surface area contributed by atoms with Gasteiger partial charge in [0, 0.05) is 12.1 Å². The summed E-state index contributed by atoms with van der Waals surface area (Å²) in [7, 11) is 4.66. The van der Waals surface area contributed by atoms with Crippen molar-refractivity contribution in [1.82, 2.24) is 4.98 Å². The molecule has 1 heterocycles. The number of methoxy groups -OCH3 is 3. The van der Waals surface area contributed by atoms with E-state index in [9.17, 15) is 4.79 Å². The van der Waals surface area contributed by atoms with Crippen molar-refractivity contribution in [3.05, 3.63) is 17.2 Å². The molecular weight excluding hydrogens is 306 g/mol. The number of carbonyl (C=O) groups is 1. The molecule has 0 radical (unpaired) electrons. The first-order valence-corrected chi connectivity index (χ1v) is 7.40. The summed E-state index contributed by atoms with van der Waals surface area (Å²) in [5, 5.41) is 0.664. The third kappa shape index (κ3) is 3.14. The van der Waals surface area contributed by atoms with Gasteiger partial charge in [-0.15, -0.1) is 11.3 Å². The van der Waals surface area contributed by atoms with Gasteiger partial charge in [-0.05, 0) is 13.0 Å². The molecule has 2 aromatic rings. The number of aromatic nitrogens is 1. The highest BCUT2D eigenvalue weighted by Gasteiger charge is 2.18. The summed E-state index contributed by atoms with van der Waals surface area (Å²) >= 11 is 1.39. The Labute approximate surface area is 132 Å². The Balaban J connectivity index is 2.47. The molecular formula is C15H17NO5S. The fraction of sp³-hybridized carbons (Fsp3) is 0.333. The van der Waals surface area contributed by atoms with Crippen molar-refractivity contribution in [2.24, 2.45) is 0 Å². The van der Waals surface area contributed by atoms with Crippen LogP contribution in [0.15, 0.2) is 12.1 Å². The van der Waals surface area contributed by atoms with Crippen LogP contribution >= 0.6 is 11.3 Å². The van der Waals surface area contributed by atoms with Crippen LogP contribution in [0.25, 0.3) is 16.3 Å². The molecule has 2 rings (SSSR count). The van der Waals surface area contributed by atoms with Crippen LogP contribution in [0.5, 0.6) is 17.2 Å². The van der Waals surface area contributed by atoms with Crippen LogP contribution in [-0.2, 0) is 9.53 Å². The smallest absolute Gasteiger partial charge is 0.330 e. The highest BCUT2D eigenvalue weighted by Crippen LogP contribution is 2.45. The third-order valence-electron chi connectivity index (χ3n) is 2.85. The largest absolute Gasteiger partial charge is 0.493 e. The van der Waals surface area contributed by atoms with E-state index in [-0.39, 0.29) is 0 Å². The molecule has 22 heavy (non-hydrogen) atoms. The second-order valence-corrected chi connectivity index (χ2v) is 5.16.